The van der Waals surface area contributed by atoms with Crippen LogP contribution in [0.1, 0.15) is 26.5 Å². The van der Waals surface area contributed by atoms with Crippen LogP contribution in [0.3, 0.4) is 0 Å². The number of ether oxygens (including phenoxy) is 1. The van der Waals surface area contributed by atoms with Crippen molar-refractivity contribution in [1.29, 1.82) is 0 Å². The summed E-state index contributed by atoms with van der Waals surface area (Å²) >= 11 is 0. The molecule has 0 radical (unpaired) electrons. The van der Waals surface area contributed by atoms with Crippen LogP contribution in [0.2, 0.25) is 0 Å². The lowest BCUT2D eigenvalue weighted by atomic mass is 10.1. The van der Waals surface area contributed by atoms with Crippen molar-refractivity contribution in [3.05, 3.63) is 18.2 Å². The van der Waals surface area contributed by atoms with Crippen molar-refractivity contribution in [3.8, 4) is 0 Å². The van der Waals surface area contributed by atoms with Gasteiger partial charge in [0, 0.05) is 32.4 Å². The van der Waals surface area contributed by atoms with Gasteiger partial charge in [0.15, 0.2) is 0 Å². The summed E-state index contributed by atoms with van der Waals surface area (Å²) in [5, 5.41) is 3.51. The number of methoxy groups -OCH3 is 1. The molecule has 16 heavy (non-hydrogen) atoms. The van der Waals surface area contributed by atoms with E-state index in [0.29, 0.717) is 12.0 Å². The van der Waals surface area contributed by atoms with E-state index >= 15 is 0 Å². The quantitative estimate of drug-likeness (QED) is 0.767. The molecule has 1 aromatic rings. The van der Waals surface area contributed by atoms with Crippen LogP contribution in [-0.2, 0) is 17.8 Å². The van der Waals surface area contributed by atoms with E-state index in [-0.39, 0.29) is 0 Å². The first-order chi connectivity index (χ1) is 7.69. The summed E-state index contributed by atoms with van der Waals surface area (Å²) in [5.41, 5.74) is 1.23. The number of aryl methyl sites for hydroxylation is 1. The summed E-state index contributed by atoms with van der Waals surface area (Å²) < 4.78 is 7.36. The predicted octanol–water partition coefficient (Wildman–Crippen LogP) is 1.66. The van der Waals surface area contributed by atoms with Gasteiger partial charge in [-0.05, 0) is 12.8 Å². The van der Waals surface area contributed by atoms with Crippen LogP contribution in [0.15, 0.2) is 12.5 Å². The SMILES string of the molecule is CCn1cncc1CNC(COC)C(C)C. The number of hydrogen-bond acceptors (Lipinski definition) is 3. The van der Waals surface area contributed by atoms with E-state index < -0.39 is 0 Å². The fourth-order valence-corrected chi connectivity index (χ4v) is 1.68. The van der Waals surface area contributed by atoms with Gasteiger partial charge in [-0.25, -0.2) is 4.98 Å². The van der Waals surface area contributed by atoms with Gasteiger partial charge in [-0.15, -0.1) is 0 Å². The monoisotopic (exact) mass is 225 g/mol. The Hall–Kier alpha value is -0.870. The maximum atomic E-state index is 5.21. The topological polar surface area (TPSA) is 39.1 Å². The third kappa shape index (κ3) is 3.61. The highest BCUT2D eigenvalue weighted by molar-refractivity contribution is 4.98. The van der Waals surface area contributed by atoms with Gasteiger partial charge in [0.2, 0.25) is 0 Å². The van der Waals surface area contributed by atoms with E-state index in [0.717, 1.165) is 19.7 Å². The minimum atomic E-state index is 0.394. The third-order valence-electron chi connectivity index (χ3n) is 2.84. The fourth-order valence-electron chi connectivity index (χ4n) is 1.68. The van der Waals surface area contributed by atoms with Crippen LogP contribution in [0, 0.1) is 5.92 Å². The molecule has 1 heterocycles. The van der Waals surface area contributed by atoms with E-state index in [2.05, 4.69) is 35.6 Å². The maximum absolute atomic E-state index is 5.21. The van der Waals surface area contributed by atoms with Gasteiger partial charge >= 0.3 is 0 Å². The van der Waals surface area contributed by atoms with Crippen LogP contribution >= 0.6 is 0 Å². The lowest BCUT2D eigenvalue weighted by Gasteiger charge is -2.21. The summed E-state index contributed by atoms with van der Waals surface area (Å²) in [6, 6.07) is 0.394. The van der Waals surface area contributed by atoms with E-state index in [4.69, 9.17) is 4.74 Å². The summed E-state index contributed by atoms with van der Waals surface area (Å²) in [6.07, 6.45) is 3.79. The molecular formula is C12H23N3O. The van der Waals surface area contributed by atoms with Crippen LogP contribution in [0.5, 0.6) is 0 Å². The molecule has 0 saturated heterocycles. The molecule has 4 heteroatoms. The van der Waals surface area contributed by atoms with Crippen molar-refractivity contribution in [3.63, 3.8) is 0 Å². The van der Waals surface area contributed by atoms with Gasteiger partial charge in [-0.1, -0.05) is 13.8 Å². The Balaban J connectivity index is 2.48. The van der Waals surface area contributed by atoms with Gasteiger partial charge in [0.05, 0.1) is 18.6 Å². The Bertz CT molecular complexity index is 296. The number of nitrogens with one attached hydrogen (secondary N) is 1. The lowest BCUT2D eigenvalue weighted by molar-refractivity contribution is 0.146. The second-order valence-corrected chi connectivity index (χ2v) is 4.36. The molecule has 0 aliphatic rings. The summed E-state index contributed by atoms with van der Waals surface area (Å²) in [5.74, 6) is 0.568. The molecular weight excluding hydrogens is 202 g/mol. The lowest BCUT2D eigenvalue weighted by Crippen LogP contribution is -2.37. The predicted molar refractivity (Wildman–Crippen MR) is 65.2 cm³/mol. The van der Waals surface area contributed by atoms with E-state index in [1.165, 1.54) is 5.69 Å². The molecule has 1 atom stereocenters. The molecule has 0 fully saturated rings. The van der Waals surface area contributed by atoms with E-state index in [1.807, 2.05) is 12.5 Å². The average Bonchev–Trinajstić information content (AvgIpc) is 2.71. The zero-order valence-electron chi connectivity index (χ0n) is 10.7. The van der Waals surface area contributed by atoms with Crippen molar-refractivity contribution in [1.82, 2.24) is 14.9 Å². The van der Waals surface area contributed by atoms with E-state index in [9.17, 15) is 0 Å². The van der Waals surface area contributed by atoms with Gasteiger partial charge in [-0.3, -0.25) is 0 Å². The van der Waals surface area contributed by atoms with Crippen molar-refractivity contribution in [2.45, 2.75) is 39.9 Å². The molecule has 1 unspecified atom stereocenters. The van der Waals surface area contributed by atoms with Crippen molar-refractivity contribution < 1.29 is 4.74 Å². The first-order valence-electron chi connectivity index (χ1n) is 5.90. The molecule has 0 spiro atoms. The number of nitrogens with zero attached hydrogens (tertiary/aromatic N) is 2. The van der Waals surface area contributed by atoms with Crippen LogP contribution in [0.4, 0.5) is 0 Å². The molecule has 1 aromatic heterocycles. The number of imidazole rings is 1. The number of aromatic nitrogens is 2. The highest BCUT2D eigenvalue weighted by Gasteiger charge is 2.12. The van der Waals surface area contributed by atoms with Gasteiger partial charge in [0.1, 0.15) is 0 Å². The molecule has 0 aliphatic heterocycles. The van der Waals surface area contributed by atoms with Crippen molar-refractivity contribution in [2.24, 2.45) is 5.92 Å². The van der Waals surface area contributed by atoms with Gasteiger partial charge in [0.25, 0.3) is 0 Å². The third-order valence-corrected chi connectivity index (χ3v) is 2.84. The normalized spacial score (nSPS) is 13.3. The van der Waals surface area contributed by atoms with Crippen molar-refractivity contribution in [2.75, 3.05) is 13.7 Å². The maximum Gasteiger partial charge on any atom is 0.0948 e. The zero-order valence-corrected chi connectivity index (χ0v) is 10.7. The molecule has 0 bridgehead atoms. The molecule has 92 valence electrons. The van der Waals surface area contributed by atoms with Crippen LogP contribution < -0.4 is 5.32 Å². The highest BCUT2D eigenvalue weighted by Crippen LogP contribution is 2.05. The summed E-state index contributed by atoms with van der Waals surface area (Å²) in [4.78, 5) is 4.15. The highest BCUT2D eigenvalue weighted by atomic mass is 16.5. The van der Waals surface area contributed by atoms with Crippen molar-refractivity contribution >= 4 is 0 Å². The number of hydrogen-bond donors (Lipinski definition) is 1. The van der Waals surface area contributed by atoms with Gasteiger partial charge in [-0.2, -0.15) is 0 Å². The van der Waals surface area contributed by atoms with Gasteiger partial charge < -0.3 is 14.6 Å². The molecule has 1 N–H and O–H groups in total. The second-order valence-electron chi connectivity index (χ2n) is 4.36. The molecule has 4 nitrogen and oxygen atoms in total. The zero-order chi connectivity index (χ0) is 12.0. The second kappa shape index (κ2) is 6.66. The summed E-state index contributed by atoms with van der Waals surface area (Å²) in [6.45, 7) is 9.09. The molecule has 0 amide bonds. The van der Waals surface area contributed by atoms with E-state index in [1.54, 1.807) is 7.11 Å². The van der Waals surface area contributed by atoms with Crippen LogP contribution in [0.25, 0.3) is 0 Å². The molecule has 0 aromatic carbocycles. The molecule has 1 rings (SSSR count). The Morgan fingerprint density at radius 2 is 2.25 bits per heavy atom. The number of rotatable bonds is 7. The molecule has 0 aliphatic carbocycles. The Morgan fingerprint density at radius 3 is 2.81 bits per heavy atom. The minimum absolute atomic E-state index is 0.394. The Kier molecular flexibility index (Phi) is 5.49. The molecule has 0 saturated carbocycles. The standard InChI is InChI=1S/C12H23N3O/c1-5-15-9-13-6-11(15)7-14-12(8-16-4)10(2)3/h6,9-10,12,14H,5,7-8H2,1-4H3. The minimum Gasteiger partial charge on any atom is -0.383 e. The smallest absolute Gasteiger partial charge is 0.0948 e. The fraction of sp³-hybridized carbons (Fsp3) is 0.750. The summed E-state index contributed by atoms with van der Waals surface area (Å²) in [7, 11) is 1.74. The average molecular weight is 225 g/mol. The largest absolute Gasteiger partial charge is 0.383 e. The Morgan fingerprint density at radius 1 is 1.50 bits per heavy atom. The first kappa shape index (κ1) is 13.2. The first-order valence-corrected chi connectivity index (χ1v) is 5.90. The van der Waals surface area contributed by atoms with Crippen LogP contribution in [-0.4, -0.2) is 29.3 Å². The Labute approximate surface area is 98.0 Å².